The Morgan fingerprint density at radius 3 is 2.81 bits per heavy atom. The van der Waals surface area contributed by atoms with Gasteiger partial charge in [0.05, 0.1) is 0 Å². The number of nitrogens with zero attached hydrogens (tertiary/aromatic N) is 2. The zero-order valence-corrected chi connectivity index (χ0v) is 10.3. The minimum atomic E-state index is 0.258. The highest BCUT2D eigenvalue weighted by Gasteiger charge is 2.27. The maximum Gasteiger partial charge on any atom is 0.140 e. The Bertz CT molecular complexity index is 228. The van der Waals surface area contributed by atoms with E-state index < -0.39 is 0 Å². The highest BCUT2D eigenvalue weighted by molar-refractivity contribution is 5.80. The molecule has 16 heavy (non-hydrogen) atoms. The number of likely N-dealkylation sites (N-methyl/N-ethyl adjacent to an activating group) is 1. The van der Waals surface area contributed by atoms with Crippen LogP contribution < -0.4 is 11.1 Å². The topological polar surface area (TPSA) is 73.9 Å². The summed E-state index contributed by atoms with van der Waals surface area (Å²) in [6.07, 6.45) is 3.30. The summed E-state index contributed by atoms with van der Waals surface area (Å²) in [7, 11) is 0. The van der Waals surface area contributed by atoms with Gasteiger partial charge < -0.3 is 16.3 Å². The van der Waals surface area contributed by atoms with Gasteiger partial charge in [-0.1, -0.05) is 12.1 Å². The second-order valence-electron chi connectivity index (χ2n) is 4.51. The monoisotopic (exact) mass is 228 g/mol. The maximum atomic E-state index is 8.44. The second-order valence-corrected chi connectivity index (χ2v) is 4.51. The molecule has 0 amide bonds. The third kappa shape index (κ3) is 4.81. The number of hydrogen-bond donors (Lipinski definition) is 3. The zero-order chi connectivity index (χ0) is 12.0. The van der Waals surface area contributed by atoms with Crippen molar-refractivity contribution < 1.29 is 5.21 Å². The van der Waals surface area contributed by atoms with Crippen LogP contribution in [-0.2, 0) is 0 Å². The van der Waals surface area contributed by atoms with E-state index in [1.165, 1.54) is 12.8 Å². The lowest BCUT2D eigenvalue weighted by Crippen LogP contribution is -2.38. The van der Waals surface area contributed by atoms with Crippen molar-refractivity contribution in [1.29, 1.82) is 0 Å². The quantitative estimate of drug-likeness (QED) is 0.246. The van der Waals surface area contributed by atoms with E-state index in [-0.39, 0.29) is 11.9 Å². The number of amidine groups is 1. The first-order valence-electron chi connectivity index (χ1n) is 6.11. The van der Waals surface area contributed by atoms with Crippen LogP contribution in [0.1, 0.15) is 33.1 Å². The van der Waals surface area contributed by atoms with Crippen LogP contribution in [0.4, 0.5) is 0 Å². The van der Waals surface area contributed by atoms with Gasteiger partial charge in [0, 0.05) is 31.6 Å². The van der Waals surface area contributed by atoms with E-state index in [2.05, 4.69) is 22.3 Å². The Balaban J connectivity index is 2.09. The normalized spacial score (nSPS) is 19.1. The summed E-state index contributed by atoms with van der Waals surface area (Å²) < 4.78 is 0. The molecule has 1 fully saturated rings. The molecule has 1 atom stereocenters. The van der Waals surface area contributed by atoms with Crippen molar-refractivity contribution in [1.82, 2.24) is 10.2 Å². The molecule has 4 N–H and O–H groups in total. The molecule has 0 heterocycles. The van der Waals surface area contributed by atoms with Gasteiger partial charge in [-0.25, -0.2) is 0 Å². The van der Waals surface area contributed by atoms with Crippen LogP contribution in [0.2, 0.25) is 0 Å². The van der Waals surface area contributed by atoms with Gasteiger partial charge in [0.1, 0.15) is 5.84 Å². The van der Waals surface area contributed by atoms with Crippen molar-refractivity contribution in [3.8, 4) is 0 Å². The number of nitrogens with one attached hydrogen (secondary N) is 1. The fourth-order valence-electron chi connectivity index (χ4n) is 1.92. The lowest BCUT2D eigenvalue weighted by molar-refractivity contribution is 0.273. The van der Waals surface area contributed by atoms with E-state index in [0.717, 1.165) is 25.7 Å². The summed E-state index contributed by atoms with van der Waals surface area (Å²) >= 11 is 0. The molecule has 1 saturated carbocycles. The molecule has 0 aromatic rings. The molecular formula is C11H24N4O. The van der Waals surface area contributed by atoms with Crippen molar-refractivity contribution in [3.05, 3.63) is 0 Å². The first kappa shape index (κ1) is 13.3. The van der Waals surface area contributed by atoms with Crippen LogP contribution in [0.5, 0.6) is 0 Å². The summed E-state index contributed by atoms with van der Waals surface area (Å²) in [6.45, 7) is 7.43. The number of nitrogens with two attached hydrogens (primary N) is 1. The molecule has 0 saturated heterocycles. The first-order valence-corrected chi connectivity index (χ1v) is 6.11. The standard InChI is InChI=1S/C11H24N4O/c1-3-15(10-4-5-10)7-6-13-9(2)8-11(12)14-16/h9-10,13,16H,3-8H2,1-2H3,(H2,12,14). The van der Waals surface area contributed by atoms with Crippen LogP contribution >= 0.6 is 0 Å². The van der Waals surface area contributed by atoms with Gasteiger partial charge in [0.2, 0.25) is 0 Å². The van der Waals surface area contributed by atoms with Crippen LogP contribution in [0.25, 0.3) is 0 Å². The summed E-state index contributed by atoms with van der Waals surface area (Å²) in [5, 5.41) is 14.8. The summed E-state index contributed by atoms with van der Waals surface area (Å²) in [6, 6.07) is 1.08. The predicted octanol–water partition coefficient (Wildman–Crippen LogP) is 0.585. The van der Waals surface area contributed by atoms with Crippen molar-refractivity contribution in [3.63, 3.8) is 0 Å². The largest absolute Gasteiger partial charge is 0.409 e. The van der Waals surface area contributed by atoms with Crippen LogP contribution in [0.15, 0.2) is 5.16 Å². The third-order valence-electron chi connectivity index (χ3n) is 3.01. The summed E-state index contributed by atoms with van der Waals surface area (Å²) in [5.74, 6) is 0.287. The molecule has 1 rings (SSSR count). The average Bonchev–Trinajstić information content (AvgIpc) is 3.08. The molecule has 1 aliphatic rings. The van der Waals surface area contributed by atoms with E-state index in [4.69, 9.17) is 10.9 Å². The number of oxime groups is 1. The van der Waals surface area contributed by atoms with Crippen molar-refractivity contribution in [2.75, 3.05) is 19.6 Å². The molecule has 1 aliphatic carbocycles. The molecular weight excluding hydrogens is 204 g/mol. The Morgan fingerprint density at radius 2 is 2.31 bits per heavy atom. The lowest BCUT2D eigenvalue weighted by atomic mass is 10.2. The first-order chi connectivity index (χ1) is 7.67. The molecule has 0 bridgehead atoms. The van der Waals surface area contributed by atoms with Crippen LogP contribution in [-0.4, -0.2) is 47.7 Å². The molecule has 5 heteroatoms. The highest BCUT2D eigenvalue weighted by Crippen LogP contribution is 2.25. The smallest absolute Gasteiger partial charge is 0.140 e. The van der Waals surface area contributed by atoms with Crippen LogP contribution in [0.3, 0.4) is 0 Å². The van der Waals surface area contributed by atoms with E-state index in [1.807, 2.05) is 6.92 Å². The van der Waals surface area contributed by atoms with Gasteiger partial charge >= 0.3 is 0 Å². The highest BCUT2D eigenvalue weighted by atomic mass is 16.4. The van der Waals surface area contributed by atoms with Gasteiger partial charge in [-0.15, -0.1) is 0 Å². The molecule has 0 radical (unpaired) electrons. The van der Waals surface area contributed by atoms with E-state index in [1.54, 1.807) is 0 Å². The Morgan fingerprint density at radius 1 is 1.62 bits per heavy atom. The third-order valence-corrected chi connectivity index (χ3v) is 3.01. The molecule has 0 spiro atoms. The van der Waals surface area contributed by atoms with E-state index >= 15 is 0 Å². The van der Waals surface area contributed by atoms with Crippen LogP contribution in [0, 0.1) is 0 Å². The fraction of sp³-hybridized carbons (Fsp3) is 0.909. The van der Waals surface area contributed by atoms with Crippen molar-refractivity contribution >= 4 is 5.84 Å². The maximum absolute atomic E-state index is 8.44. The molecule has 0 aliphatic heterocycles. The molecule has 5 nitrogen and oxygen atoms in total. The Labute approximate surface area is 97.7 Å². The fourth-order valence-corrected chi connectivity index (χ4v) is 1.92. The Kier molecular flexibility index (Phi) is 5.55. The predicted molar refractivity (Wildman–Crippen MR) is 65.8 cm³/mol. The minimum Gasteiger partial charge on any atom is -0.409 e. The van der Waals surface area contributed by atoms with Crippen molar-refractivity contribution in [2.45, 2.75) is 45.2 Å². The van der Waals surface area contributed by atoms with Gasteiger partial charge in [-0.05, 0) is 26.3 Å². The lowest BCUT2D eigenvalue weighted by Gasteiger charge is -2.21. The Hall–Kier alpha value is -0.810. The SMILES string of the molecule is CCN(CCNC(C)CC(N)=NO)C1CC1. The van der Waals surface area contributed by atoms with E-state index in [9.17, 15) is 0 Å². The minimum absolute atomic E-state index is 0.258. The molecule has 94 valence electrons. The van der Waals surface area contributed by atoms with E-state index in [0.29, 0.717) is 6.42 Å². The average molecular weight is 228 g/mol. The second kappa shape index (κ2) is 6.70. The van der Waals surface area contributed by atoms with Crippen molar-refractivity contribution in [2.24, 2.45) is 10.9 Å². The molecule has 1 unspecified atom stereocenters. The summed E-state index contributed by atoms with van der Waals surface area (Å²) in [5.41, 5.74) is 5.44. The molecule has 0 aromatic carbocycles. The number of rotatable bonds is 8. The summed E-state index contributed by atoms with van der Waals surface area (Å²) in [4.78, 5) is 2.50. The van der Waals surface area contributed by atoms with Gasteiger partial charge in [-0.3, -0.25) is 4.90 Å². The zero-order valence-electron chi connectivity index (χ0n) is 10.3. The number of hydrogen-bond acceptors (Lipinski definition) is 4. The molecule has 0 aromatic heterocycles. The van der Waals surface area contributed by atoms with Gasteiger partial charge in [0.15, 0.2) is 0 Å². The van der Waals surface area contributed by atoms with Gasteiger partial charge in [0.25, 0.3) is 0 Å². The van der Waals surface area contributed by atoms with Gasteiger partial charge in [-0.2, -0.15) is 0 Å².